The summed E-state index contributed by atoms with van der Waals surface area (Å²) in [7, 11) is 0. The molecule has 0 N–H and O–H groups in total. The molecule has 106 valence electrons. The highest BCUT2D eigenvalue weighted by molar-refractivity contribution is 9.09. The monoisotopic (exact) mass is 325 g/mol. The lowest BCUT2D eigenvalue weighted by Crippen LogP contribution is -2.33. The van der Waals surface area contributed by atoms with Gasteiger partial charge in [-0.3, -0.25) is 9.58 Å². The fourth-order valence-corrected chi connectivity index (χ4v) is 4.01. The molecule has 1 aliphatic heterocycles. The Morgan fingerprint density at radius 2 is 1.89 bits per heavy atom. The lowest BCUT2D eigenvalue weighted by molar-refractivity contribution is 0.185. The Balaban J connectivity index is 1.52. The van der Waals surface area contributed by atoms with Gasteiger partial charge < -0.3 is 0 Å². The molecule has 1 aromatic rings. The van der Waals surface area contributed by atoms with Gasteiger partial charge in [0.05, 0.1) is 11.7 Å². The van der Waals surface area contributed by atoms with Crippen LogP contribution in [0.2, 0.25) is 0 Å². The van der Waals surface area contributed by atoms with Crippen molar-refractivity contribution in [3.05, 3.63) is 18.0 Å². The Hall–Kier alpha value is -0.350. The van der Waals surface area contributed by atoms with E-state index in [0.29, 0.717) is 6.04 Å². The number of aromatic nitrogens is 2. The first kappa shape index (κ1) is 13.6. The quantitative estimate of drug-likeness (QED) is 0.788. The number of rotatable bonds is 4. The first-order valence-electron chi connectivity index (χ1n) is 7.67. The number of piperidine rings is 1. The van der Waals surface area contributed by atoms with Gasteiger partial charge in [0.2, 0.25) is 0 Å². The molecule has 0 atom stereocenters. The van der Waals surface area contributed by atoms with Crippen molar-refractivity contribution in [2.75, 3.05) is 18.4 Å². The van der Waals surface area contributed by atoms with Crippen molar-refractivity contribution in [2.45, 2.75) is 51.1 Å². The Morgan fingerprint density at radius 3 is 2.58 bits per heavy atom. The van der Waals surface area contributed by atoms with Crippen molar-refractivity contribution >= 4 is 15.9 Å². The molecule has 4 heteroatoms. The van der Waals surface area contributed by atoms with Crippen molar-refractivity contribution < 1.29 is 0 Å². The third kappa shape index (κ3) is 3.40. The lowest BCUT2D eigenvalue weighted by atomic mass is 9.99. The van der Waals surface area contributed by atoms with E-state index in [4.69, 9.17) is 5.10 Å². The van der Waals surface area contributed by atoms with E-state index >= 15 is 0 Å². The van der Waals surface area contributed by atoms with Crippen molar-refractivity contribution in [1.29, 1.82) is 0 Å². The highest BCUT2D eigenvalue weighted by atomic mass is 79.9. The normalized spacial score (nSPS) is 23.2. The van der Waals surface area contributed by atoms with E-state index in [1.807, 2.05) is 0 Å². The van der Waals surface area contributed by atoms with Gasteiger partial charge in [-0.1, -0.05) is 28.8 Å². The highest BCUT2D eigenvalue weighted by Gasteiger charge is 2.20. The van der Waals surface area contributed by atoms with Gasteiger partial charge in [-0.05, 0) is 50.8 Å². The summed E-state index contributed by atoms with van der Waals surface area (Å²) in [5.74, 6) is 0.882. The van der Waals surface area contributed by atoms with E-state index in [1.54, 1.807) is 0 Å². The number of halogens is 1. The zero-order chi connectivity index (χ0) is 13.1. The molecule has 0 spiro atoms. The van der Waals surface area contributed by atoms with Crippen LogP contribution in [-0.4, -0.2) is 33.1 Å². The van der Waals surface area contributed by atoms with Gasteiger partial charge >= 0.3 is 0 Å². The van der Waals surface area contributed by atoms with E-state index in [0.717, 1.165) is 17.8 Å². The number of likely N-dealkylation sites (tertiary alicyclic amines) is 1. The predicted octanol–water partition coefficient (Wildman–Crippen LogP) is 3.61. The Labute approximate surface area is 124 Å². The Morgan fingerprint density at radius 1 is 1.16 bits per heavy atom. The van der Waals surface area contributed by atoms with Gasteiger partial charge in [-0.2, -0.15) is 5.10 Å². The molecule has 1 aromatic heterocycles. The largest absolute Gasteiger partial charge is 0.297 e. The van der Waals surface area contributed by atoms with E-state index < -0.39 is 0 Å². The minimum absolute atomic E-state index is 0.674. The number of hydrogen-bond acceptors (Lipinski definition) is 2. The van der Waals surface area contributed by atoms with Crippen LogP contribution in [0.15, 0.2) is 12.3 Å². The van der Waals surface area contributed by atoms with Crippen LogP contribution in [0, 0.1) is 5.92 Å². The first-order valence-corrected chi connectivity index (χ1v) is 8.79. The summed E-state index contributed by atoms with van der Waals surface area (Å²) in [6.07, 6.45) is 10.2. The SMILES string of the molecule is BrCC1CCN(Cc2ccn(C3CCCC3)n2)CC1. The Kier molecular flexibility index (Phi) is 4.59. The molecule has 19 heavy (non-hydrogen) atoms. The number of alkyl halides is 1. The summed E-state index contributed by atoms with van der Waals surface area (Å²) in [6, 6.07) is 2.89. The van der Waals surface area contributed by atoms with E-state index in [-0.39, 0.29) is 0 Å². The maximum atomic E-state index is 4.79. The van der Waals surface area contributed by atoms with E-state index in [9.17, 15) is 0 Å². The van der Waals surface area contributed by atoms with Crippen molar-refractivity contribution in [3.63, 3.8) is 0 Å². The maximum Gasteiger partial charge on any atom is 0.0764 e. The van der Waals surface area contributed by atoms with Crippen LogP contribution in [0.4, 0.5) is 0 Å². The van der Waals surface area contributed by atoms with Crippen LogP contribution in [0.5, 0.6) is 0 Å². The summed E-state index contributed by atoms with van der Waals surface area (Å²) in [4.78, 5) is 2.56. The molecule has 2 heterocycles. The number of hydrogen-bond donors (Lipinski definition) is 0. The molecule has 1 aliphatic carbocycles. The first-order chi connectivity index (χ1) is 9.35. The fourth-order valence-electron chi connectivity index (χ4n) is 3.36. The molecular weight excluding hydrogens is 302 g/mol. The maximum absolute atomic E-state index is 4.79. The summed E-state index contributed by atoms with van der Waals surface area (Å²) >= 11 is 3.60. The third-order valence-electron chi connectivity index (χ3n) is 4.67. The standard InChI is InChI=1S/C15H24BrN3/c16-11-13-5-8-18(9-6-13)12-14-7-10-19(17-14)15-3-1-2-4-15/h7,10,13,15H,1-6,8-9,11-12H2. The molecule has 0 unspecified atom stereocenters. The molecule has 1 saturated heterocycles. The fraction of sp³-hybridized carbons (Fsp3) is 0.800. The third-order valence-corrected chi connectivity index (χ3v) is 5.59. The molecule has 0 amide bonds. The minimum Gasteiger partial charge on any atom is -0.297 e. The molecule has 0 bridgehead atoms. The predicted molar refractivity (Wildman–Crippen MR) is 81.5 cm³/mol. The van der Waals surface area contributed by atoms with Crippen LogP contribution in [0.1, 0.15) is 50.3 Å². The molecular formula is C15H24BrN3. The summed E-state index contributed by atoms with van der Waals surface area (Å²) in [5.41, 5.74) is 1.25. The van der Waals surface area contributed by atoms with Gasteiger partial charge in [-0.25, -0.2) is 0 Å². The van der Waals surface area contributed by atoms with Gasteiger partial charge in [0, 0.05) is 18.1 Å². The van der Waals surface area contributed by atoms with Crippen LogP contribution < -0.4 is 0 Å². The molecule has 2 aliphatic rings. The van der Waals surface area contributed by atoms with Crippen molar-refractivity contribution in [2.24, 2.45) is 5.92 Å². The van der Waals surface area contributed by atoms with E-state index in [1.165, 1.54) is 57.3 Å². The van der Waals surface area contributed by atoms with Gasteiger partial charge in [-0.15, -0.1) is 0 Å². The average Bonchev–Trinajstić information content (AvgIpc) is 3.10. The molecule has 3 rings (SSSR count). The second-order valence-corrected chi connectivity index (χ2v) is 6.75. The lowest BCUT2D eigenvalue weighted by Gasteiger charge is -2.30. The molecule has 2 fully saturated rings. The van der Waals surface area contributed by atoms with Gasteiger partial charge in [0.1, 0.15) is 0 Å². The summed E-state index contributed by atoms with van der Waals surface area (Å²) < 4.78 is 2.22. The Bertz CT molecular complexity index is 390. The molecule has 0 aromatic carbocycles. The topological polar surface area (TPSA) is 21.1 Å². The van der Waals surface area contributed by atoms with Crippen LogP contribution >= 0.6 is 15.9 Å². The van der Waals surface area contributed by atoms with Gasteiger partial charge in [0.25, 0.3) is 0 Å². The second kappa shape index (κ2) is 6.40. The van der Waals surface area contributed by atoms with Crippen LogP contribution in [0.3, 0.4) is 0 Å². The smallest absolute Gasteiger partial charge is 0.0764 e. The molecule has 0 radical (unpaired) electrons. The zero-order valence-electron chi connectivity index (χ0n) is 11.6. The van der Waals surface area contributed by atoms with Crippen LogP contribution in [-0.2, 0) is 6.54 Å². The average molecular weight is 326 g/mol. The second-order valence-electron chi connectivity index (χ2n) is 6.10. The molecule has 1 saturated carbocycles. The van der Waals surface area contributed by atoms with Crippen molar-refractivity contribution in [3.8, 4) is 0 Å². The van der Waals surface area contributed by atoms with Gasteiger partial charge in [0.15, 0.2) is 0 Å². The van der Waals surface area contributed by atoms with Crippen molar-refractivity contribution in [1.82, 2.24) is 14.7 Å². The summed E-state index contributed by atoms with van der Waals surface area (Å²) in [5, 5.41) is 5.96. The summed E-state index contributed by atoms with van der Waals surface area (Å²) in [6.45, 7) is 3.49. The number of nitrogens with zero attached hydrogens (tertiary/aromatic N) is 3. The zero-order valence-corrected chi connectivity index (χ0v) is 13.2. The van der Waals surface area contributed by atoms with E-state index in [2.05, 4.69) is 37.8 Å². The van der Waals surface area contributed by atoms with Crippen LogP contribution in [0.25, 0.3) is 0 Å². The molecule has 3 nitrogen and oxygen atoms in total. The highest BCUT2D eigenvalue weighted by Crippen LogP contribution is 2.29. The minimum atomic E-state index is 0.674.